The lowest BCUT2D eigenvalue weighted by atomic mass is 9.99. The highest BCUT2D eigenvalue weighted by atomic mass is 32.2. The maximum Gasteiger partial charge on any atom is 0.283 e. The summed E-state index contributed by atoms with van der Waals surface area (Å²) >= 11 is 0. The van der Waals surface area contributed by atoms with Crippen LogP contribution in [0.4, 0.5) is 0 Å². The van der Waals surface area contributed by atoms with Gasteiger partial charge in [0.15, 0.2) is 0 Å². The molecule has 0 saturated heterocycles. The molecule has 6 nitrogen and oxygen atoms in total. The van der Waals surface area contributed by atoms with Crippen LogP contribution in [-0.4, -0.2) is 43.1 Å². The molecule has 0 aliphatic carbocycles. The van der Waals surface area contributed by atoms with E-state index in [0.717, 1.165) is 0 Å². The molecule has 0 fully saturated rings. The Morgan fingerprint density at radius 2 is 1.81 bits per heavy atom. The van der Waals surface area contributed by atoms with E-state index in [1.54, 1.807) is 32.2 Å². The number of amides is 1. The largest absolute Gasteiger partial charge is 0.509 e. The topological polar surface area (TPSA) is 87.0 Å². The maximum atomic E-state index is 12.4. The molecule has 1 aromatic rings. The predicted molar refractivity (Wildman–Crippen MR) is 102 cm³/mol. The molecule has 0 radical (unpaired) electrons. The predicted octanol–water partition coefficient (Wildman–Crippen LogP) is 3.22. The van der Waals surface area contributed by atoms with Crippen LogP contribution >= 0.6 is 0 Å². The lowest BCUT2D eigenvalue weighted by Crippen LogP contribution is -2.30. The van der Waals surface area contributed by atoms with Crippen molar-refractivity contribution in [1.82, 2.24) is 4.90 Å². The second kappa shape index (κ2) is 7.61. The lowest BCUT2D eigenvalue weighted by Gasteiger charge is -2.14. The van der Waals surface area contributed by atoms with Gasteiger partial charge >= 0.3 is 0 Å². The molecule has 3 rings (SSSR count). The monoisotopic (exact) mass is 378 g/mol. The van der Waals surface area contributed by atoms with Gasteiger partial charge in [-0.2, -0.15) is 12.8 Å². The van der Waals surface area contributed by atoms with Crippen molar-refractivity contribution >= 4 is 21.6 Å². The number of rotatable bonds is 3. The molecule has 0 bridgehead atoms. The van der Waals surface area contributed by atoms with Crippen LogP contribution in [0.25, 0.3) is 0 Å². The Kier molecular flexibility index (Phi) is 5.91. The maximum absolute atomic E-state index is 12.4. The van der Waals surface area contributed by atoms with Crippen LogP contribution in [0.15, 0.2) is 38.8 Å². The molecule has 0 unspecified atom stereocenters. The second-order valence-electron chi connectivity index (χ2n) is 6.41. The van der Waals surface area contributed by atoms with Gasteiger partial charge in [-0.1, -0.05) is 51.8 Å². The van der Waals surface area contributed by atoms with Gasteiger partial charge in [-0.05, 0) is 18.9 Å². The first-order valence-corrected chi connectivity index (χ1v) is 10.3. The van der Waals surface area contributed by atoms with E-state index in [1.165, 1.54) is 17.7 Å². The number of hydrogen-bond donors (Lipinski definition) is 1. The first-order valence-electron chi connectivity index (χ1n) is 8.89. The third kappa shape index (κ3) is 3.28. The zero-order chi connectivity index (χ0) is 19.6. The fourth-order valence-corrected chi connectivity index (χ4v) is 4.33. The summed E-state index contributed by atoms with van der Waals surface area (Å²) in [5.41, 5.74) is 1.06. The number of aliphatic hydroxyl groups excluding tert-OH is 1. The minimum atomic E-state index is -3.84. The first kappa shape index (κ1) is 20.2. The van der Waals surface area contributed by atoms with Crippen LogP contribution in [0, 0.1) is 0 Å². The van der Waals surface area contributed by atoms with Gasteiger partial charge < -0.3 is 10.0 Å². The quantitative estimate of drug-likeness (QED) is 0.875. The highest BCUT2D eigenvalue weighted by molar-refractivity contribution is 7.90. The third-order valence-corrected chi connectivity index (χ3v) is 6.13. The summed E-state index contributed by atoms with van der Waals surface area (Å²) in [5, 5.41) is 10.2. The van der Waals surface area contributed by atoms with Crippen molar-refractivity contribution in [3.05, 3.63) is 40.7 Å². The number of fused-ring (bicyclic) bond motifs is 1. The molecule has 26 heavy (non-hydrogen) atoms. The molecule has 0 aromatic heterocycles. The minimum Gasteiger partial charge on any atom is -0.509 e. The summed E-state index contributed by atoms with van der Waals surface area (Å²) in [4.78, 5) is 13.8. The normalized spacial score (nSPS) is 20.7. The summed E-state index contributed by atoms with van der Waals surface area (Å²) in [7, 11) is -2.29. The summed E-state index contributed by atoms with van der Waals surface area (Å²) in [6.07, 6.45) is 3.18. The van der Waals surface area contributed by atoms with Crippen molar-refractivity contribution in [2.75, 3.05) is 7.05 Å². The Labute approximate surface area is 155 Å². The number of aryl methyl sites for hydroxylation is 1. The average Bonchev–Trinajstić information content (AvgIpc) is 3.01. The van der Waals surface area contributed by atoms with Gasteiger partial charge in [-0.25, -0.2) is 0 Å². The Hall–Kier alpha value is -2.15. The number of nitrogens with zero attached hydrogens (tertiary/aromatic N) is 2. The smallest absolute Gasteiger partial charge is 0.283 e. The van der Waals surface area contributed by atoms with Crippen LogP contribution in [0.3, 0.4) is 0 Å². The zero-order valence-corrected chi connectivity index (χ0v) is 16.7. The van der Waals surface area contributed by atoms with Gasteiger partial charge in [0, 0.05) is 12.6 Å². The van der Waals surface area contributed by atoms with E-state index < -0.39 is 22.0 Å². The molecule has 0 spiro atoms. The van der Waals surface area contributed by atoms with E-state index >= 15 is 0 Å². The molecule has 0 saturated carbocycles. The molecule has 1 N–H and O–H groups in total. The molecular weight excluding hydrogens is 352 g/mol. The molecule has 1 amide bonds. The van der Waals surface area contributed by atoms with Crippen molar-refractivity contribution in [2.45, 2.75) is 57.9 Å². The van der Waals surface area contributed by atoms with E-state index in [4.69, 9.17) is 0 Å². The summed E-state index contributed by atoms with van der Waals surface area (Å²) in [6.45, 7) is 7.89. The summed E-state index contributed by atoms with van der Waals surface area (Å²) in [6, 6.07) is 4.59. The lowest BCUT2D eigenvalue weighted by molar-refractivity contribution is -0.125. The Morgan fingerprint density at radius 3 is 2.27 bits per heavy atom. The first-order chi connectivity index (χ1) is 12.2. The molecular formula is C19H26N2O4S. The van der Waals surface area contributed by atoms with Crippen molar-refractivity contribution in [3.8, 4) is 0 Å². The number of likely N-dealkylation sites (N-methyl/N-ethyl adjacent to an activating group) is 1. The van der Waals surface area contributed by atoms with Crippen molar-refractivity contribution in [2.24, 2.45) is 4.40 Å². The van der Waals surface area contributed by atoms with E-state index in [1.807, 2.05) is 6.92 Å². The molecule has 2 aliphatic rings. The summed E-state index contributed by atoms with van der Waals surface area (Å²) in [5.74, 6) is -0.565. The highest BCUT2D eigenvalue weighted by Crippen LogP contribution is 2.35. The standard InChI is InChI=1S/C15H16N2O4S.C4H10/c1-4-9-6-5-7-10-12(16-22(20,21)14(9)10)11-13(18)8(2)17(3)15(11)19;1-3-4-2/h5-8,18H,4H2,1-3H3;3-4H2,1-2H3/t8-;/m0./s1. The molecule has 1 atom stereocenters. The second-order valence-corrected chi connectivity index (χ2v) is 7.96. The van der Waals surface area contributed by atoms with Crippen LogP contribution in [0.1, 0.15) is 51.7 Å². The number of benzene rings is 1. The van der Waals surface area contributed by atoms with Gasteiger partial charge in [-0.3, -0.25) is 4.79 Å². The third-order valence-electron chi connectivity index (χ3n) is 4.71. The van der Waals surface area contributed by atoms with Crippen molar-refractivity contribution in [3.63, 3.8) is 0 Å². The van der Waals surface area contributed by atoms with Crippen LogP contribution in [-0.2, 0) is 21.2 Å². The van der Waals surface area contributed by atoms with E-state index in [2.05, 4.69) is 18.2 Å². The fourth-order valence-electron chi connectivity index (χ4n) is 2.83. The van der Waals surface area contributed by atoms with Gasteiger partial charge in [0.25, 0.3) is 15.9 Å². The van der Waals surface area contributed by atoms with Gasteiger partial charge in [0.2, 0.25) is 0 Å². The average molecular weight is 378 g/mol. The molecule has 2 aliphatic heterocycles. The number of sulfonamides is 1. The SMILES string of the molecule is CCCC.CCc1cccc2c1S(=O)(=O)N=C2C1=C(O)[C@H](C)N(C)C1=O. The Morgan fingerprint density at radius 1 is 1.19 bits per heavy atom. The number of carbonyl (C=O) groups excluding carboxylic acids is 1. The number of carbonyl (C=O) groups is 1. The van der Waals surface area contributed by atoms with E-state index in [0.29, 0.717) is 17.5 Å². The molecule has 1 aromatic carbocycles. The van der Waals surface area contributed by atoms with Crippen LogP contribution < -0.4 is 0 Å². The molecule has 142 valence electrons. The van der Waals surface area contributed by atoms with Crippen molar-refractivity contribution < 1.29 is 18.3 Å². The number of unbranched alkanes of at least 4 members (excludes halogenated alkanes) is 1. The van der Waals surface area contributed by atoms with E-state index in [9.17, 15) is 18.3 Å². The van der Waals surface area contributed by atoms with Gasteiger partial charge in [0.1, 0.15) is 21.9 Å². The highest BCUT2D eigenvalue weighted by Gasteiger charge is 2.42. The summed E-state index contributed by atoms with van der Waals surface area (Å²) < 4.78 is 28.5. The zero-order valence-electron chi connectivity index (χ0n) is 15.9. The van der Waals surface area contributed by atoms with E-state index in [-0.39, 0.29) is 21.9 Å². The van der Waals surface area contributed by atoms with Gasteiger partial charge in [-0.15, -0.1) is 0 Å². The van der Waals surface area contributed by atoms with Crippen LogP contribution in [0.2, 0.25) is 0 Å². The van der Waals surface area contributed by atoms with Crippen molar-refractivity contribution in [1.29, 1.82) is 0 Å². The number of aliphatic hydroxyl groups is 1. The minimum absolute atomic E-state index is 0.0226. The number of hydrogen-bond acceptors (Lipinski definition) is 4. The Balaban J connectivity index is 0.000000552. The molecule has 2 heterocycles. The van der Waals surface area contributed by atoms with Gasteiger partial charge in [0.05, 0.1) is 6.04 Å². The van der Waals surface area contributed by atoms with Crippen LogP contribution in [0.5, 0.6) is 0 Å². The Bertz CT molecular complexity index is 883. The molecule has 7 heteroatoms. The fraction of sp³-hybridized carbons (Fsp3) is 0.474.